The molecule has 2 aliphatic rings. The summed E-state index contributed by atoms with van der Waals surface area (Å²) in [6.45, 7) is 10.9. The Morgan fingerprint density at radius 3 is 2.61 bits per heavy atom. The maximum absolute atomic E-state index is 3.97. The molecule has 2 rings (SSSR count). The van der Waals surface area contributed by atoms with Gasteiger partial charge >= 0.3 is 0 Å². The number of hydrogen-bond acceptors (Lipinski definition) is 2. The van der Waals surface area contributed by atoms with Crippen molar-refractivity contribution in [3.8, 4) is 0 Å². The van der Waals surface area contributed by atoms with Crippen molar-refractivity contribution in [2.45, 2.75) is 71.4 Å². The van der Waals surface area contributed by atoms with E-state index >= 15 is 0 Å². The minimum absolute atomic E-state index is 0.759. The zero-order valence-corrected chi connectivity index (χ0v) is 12.6. The molecule has 2 fully saturated rings. The number of rotatable bonds is 4. The summed E-state index contributed by atoms with van der Waals surface area (Å²) in [5.74, 6) is 1.83. The van der Waals surface area contributed by atoms with Gasteiger partial charge in [0, 0.05) is 18.6 Å². The Labute approximate surface area is 114 Å². The Kier molecular flexibility index (Phi) is 5.50. The van der Waals surface area contributed by atoms with Crippen molar-refractivity contribution in [2.24, 2.45) is 11.8 Å². The van der Waals surface area contributed by atoms with Crippen LogP contribution in [-0.2, 0) is 0 Å². The predicted molar refractivity (Wildman–Crippen MR) is 78.9 cm³/mol. The molecular formula is C16H32N2. The lowest BCUT2D eigenvalue weighted by atomic mass is 9.79. The molecule has 0 aromatic heterocycles. The average Bonchev–Trinajstić information content (AvgIpc) is 2.39. The summed E-state index contributed by atoms with van der Waals surface area (Å²) in [7, 11) is 0. The van der Waals surface area contributed by atoms with E-state index in [9.17, 15) is 0 Å². The van der Waals surface area contributed by atoms with Gasteiger partial charge in [-0.25, -0.2) is 0 Å². The minimum Gasteiger partial charge on any atom is -0.310 e. The van der Waals surface area contributed by atoms with Gasteiger partial charge in [0.05, 0.1) is 0 Å². The molecule has 3 atom stereocenters. The van der Waals surface area contributed by atoms with Gasteiger partial charge in [0.1, 0.15) is 0 Å². The van der Waals surface area contributed by atoms with Crippen molar-refractivity contribution >= 4 is 0 Å². The number of likely N-dealkylation sites (N-methyl/N-ethyl adjacent to an activating group) is 1. The van der Waals surface area contributed by atoms with E-state index < -0.39 is 0 Å². The summed E-state index contributed by atoms with van der Waals surface area (Å²) >= 11 is 0. The van der Waals surface area contributed by atoms with Gasteiger partial charge in [-0.2, -0.15) is 0 Å². The Bertz CT molecular complexity index is 239. The highest BCUT2D eigenvalue weighted by molar-refractivity contribution is 4.85. The molecule has 1 saturated carbocycles. The summed E-state index contributed by atoms with van der Waals surface area (Å²) in [6.07, 6.45) is 8.49. The third-order valence-electron chi connectivity index (χ3n) is 5.08. The minimum atomic E-state index is 0.759. The van der Waals surface area contributed by atoms with E-state index in [1.54, 1.807) is 0 Å². The number of piperidine rings is 1. The second kappa shape index (κ2) is 6.91. The van der Waals surface area contributed by atoms with Gasteiger partial charge in [-0.1, -0.05) is 33.6 Å². The van der Waals surface area contributed by atoms with Crippen LogP contribution in [0.3, 0.4) is 0 Å². The molecule has 0 bridgehead atoms. The molecule has 2 nitrogen and oxygen atoms in total. The zero-order chi connectivity index (χ0) is 13.0. The van der Waals surface area contributed by atoms with Gasteiger partial charge < -0.3 is 10.2 Å². The van der Waals surface area contributed by atoms with Crippen molar-refractivity contribution in [3.63, 3.8) is 0 Å². The Balaban J connectivity index is 1.78. The van der Waals surface area contributed by atoms with E-state index in [1.807, 2.05) is 0 Å². The second-order valence-electron chi connectivity index (χ2n) is 6.77. The van der Waals surface area contributed by atoms with Crippen LogP contribution in [0.5, 0.6) is 0 Å². The Morgan fingerprint density at radius 2 is 1.89 bits per heavy atom. The highest BCUT2D eigenvalue weighted by Gasteiger charge is 2.27. The van der Waals surface area contributed by atoms with E-state index in [4.69, 9.17) is 0 Å². The fraction of sp³-hybridized carbons (Fsp3) is 1.00. The molecule has 106 valence electrons. The quantitative estimate of drug-likeness (QED) is 0.826. The van der Waals surface area contributed by atoms with E-state index in [-0.39, 0.29) is 0 Å². The Hall–Kier alpha value is -0.0800. The first-order chi connectivity index (χ1) is 8.69. The smallest absolute Gasteiger partial charge is 0.0198 e. The van der Waals surface area contributed by atoms with Gasteiger partial charge in [-0.05, 0) is 50.6 Å². The van der Waals surface area contributed by atoms with Crippen molar-refractivity contribution < 1.29 is 0 Å². The molecule has 2 heteroatoms. The lowest BCUT2D eigenvalue weighted by Crippen LogP contribution is -2.50. The number of likely N-dealkylation sites (tertiary alicyclic amines) is 1. The summed E-state index contributed by atoms with van der Waals surface area (Å²) in [5.41, 5.74) is 0. The second-order valence-corrected chi connectivity index (χ2v) is 6.77. The van der Waals surface area contributed by atoms with Gasteiger partial charge in [-0.3, -0.25) is 0 Å². The lowest BCUT2D eigenvalue weighted by Gasteiger charge is -2.38. The van der Waals surface area contributed by atoms with Crippen LogP contribution in [0.4, 0.5) is 0 Å². The standard InChI is InChI=1S/C16H32N2/c1-4-18-10-6-9-16(12-18)17-15-8-5-7-14(11-15)13(2)3/h13-17H,4-12H2,1-3H3. The summed E-state index contributed by atoms with van der Waals surface area (Å²) in [6, 6.07) is 1.56. The first-order valence-corrected chi connectivity index (χ1v) is 8.17. The molecule has 3 unspecified atom stereocenters. The van der Waals surface area contributed by atoms with Crippen LogP contribution in [0.2, 0.25) is 0 Å². The predicted octanol–water partition coefficient (Wildman–Crippen LogP) is 3.28. The number of nitrogens with zero attached hydrogens (tertiary/aromatic N) is 1. The topological polar surface area (TPSA) is 15.3 Å². The first-order valence-electron chi connectivity index (χ1n) is 8.17. The van der Waals surface area contributed by atoms with Crippen molar-refractivity contribution in [2.75, 3.05) is 19.6 Å². The maximum atomic E-state index is 3.97. The van der Waals surface area contributed by atoms with Gasteiger partial charge in [0.25, 0.3) is 0 Å². The third-order valence-corrected chi connectivity index (χ3v) is 5.08. The molecule has 0 aromatic carbocycles. The van der Waals surface area contributed by atoms with E-state index in [2.05, 4.69) is 31.0 Å². The van der Waals surface area contributed by atoms with E-state index in [1.165, 1.54) is 58.2 Å². The van der Waals surface area contributed by atoms with E-state index in [0.29, 0.717) is 0 Å². The molecular weight excluding hydrogens is 220 g/mol. The molecule has 1 aliphatic heterocycles. The molecule has 1 N–H and O–H groups in total. The third kappa shape index (κ3) is 3.96. The largest absolute Gasteiger partial charge is 0.310 e. The average molecular weight is 252 g/mol. The van der Waals surface area contributed by atoms with Crippen LogP contribution in [0.25, 0.3) is 0 Å². The summed E-state index contributed by atoms with van der Waals surface area (Å²) in [4.78, 5) is 2.60. The molecule has 18 heavy (non-hydrogen) atoms. The highest BCUT2D eigenvalue weighted by atomic mass is 15.2. The maximum Gasteiger partial charge on any atom is 0.0198 e. The fourth-order valence-corrected chi connectivity index (χ4v) is 3.80. The molecule has 0 spiro atoms. The van der Waals surface area contributed by atoms with Crippen molar-refractivity contribution in [1.29, 1.82) is 0 Å². The first kappa shape index (κ1) is 14.3. The zero-order valence-electron chi connectivity index (χ0n) is 12.6. The van der Waals surface area contributed by atoms with Crippen LogP contribution in [0.1, 0.15) is 59.3 Å². The van der Waals surface area contributed by atoms with Crippen LogP contribution in [0.15, 0.2) is 0 Å². The molecule has 0 amide bonds. The highest BCUT2D eigenvalue weighted by Crippen LogP contribution is 2.30. The van der Waals surface area contributed by atoms with Crippen LogP contribution >= 0.6 is 0 Å². The molecule has 1 aliphatic carbocycles. The van der Waals surface area contributed by atoms with Crippen molar-refractivity contribution in [1.82, 2.24) is 10.2 Å². The molecule has 0 aromatic rings. The van der Waals surface area contributed by atoms with Crippen LogP contribution in [-0.4, -0.2) is 36.6 Å². The van der Waals surface area contributed by atoms with E-state index in [0.717, 1.165) is 23.9 Å². The number of nitrogens with one attached hydrogen (secondary N) is 1. The lowest BCUT2D eigenvalue weighted by molar-refractivity contribution is 0.164. The molecule has 0 radical (unpaired) electrons. The fourth-order valence-electron chi connectivity index (χ4n) is 3.80. The van der Waals surface area contributed by atoms with Gasteiger partial charge in [0.2, 0.25) is 0 Å². The molecule has 1 heterocycles. The normalized spacial score (nSPS) is 35.0. The summed E-state index contributed by atoms with van der Waals surface area (Å²) < 4.78 is 0. The monoisotopic (exact) mass is 252 g/mol. The molecule has 1 saturated heterocycles. The van der Waals surface area contributed by atoms with Gasteiger partial charge in [-0.15, -0.1) is 0 Å². The van der Waals surface area contributed by atoms with Crippen LogP contribution in [0, 0.1) is 11.8 Å². The van der Waals surface area contributed by atoms with Crippen LogP contribution < -0.4 is 5.32 Å². The van der Waals surface area contributed by atoms with Gasteiger partial charge in [0.15, 0.2) is 0 Å². The van der Waals surface area contributed by atoms with Crippen molar-refractivity contribution in [3.05, 3.63) is 0 Å². The SMILES string of the molecule is CCN1CCCC(NC2CCCC(C(C)C)C2)C1. The Morgan fingerprint density at radius 1 is 1.11 bits per heavy atom. The number of hydrogen-bond donors (Lipinski definition) is 1. The summed E-state index contributed by atoms with van der Waals surface area (Å²) in [5, 5.41) is 3.97.